The first-order valence-electron chi connectivity index (χ1n) is 5.40. The summed E-state index contributed by atoms with van der Waals surface area (Å²) in [5.74, 6) is -1.73. The molecule has 0 radical (unpaired) electrons. The molecule has 3 N–H and O–H groups in total. The van der Waals surface area contributed by atoms with Crippen LogP contribution in [-0.4, -0.2) is 42.3 Å². The summed E-state index contributed by atoms with van der Waals surface area (Å²) in [6.07, 6.45) is 1.40. The van der Waals surface area contributed by atoms with Crippen LogP contribution in [-0.2, 0) is 14.3 Å². The molecule has 2 atom stereocenters. The van der Waals surface area contributed by atoms with Crippen molar-refractivity contribution in [2.75, 3.05) is 7.11 Å². The van der Waals surface area contributed by atoms with Gasteiger partial charge >= 0.3 is 18.0 Å². The van der Waals surface area contributed by atoms with Gasteiger partial charge in [0.2, 0.25) is 0 Å². The number of urea groups is 1. The number of aliphatic carboxylic acids is 1. The van der Waals surface area contributed by atoms with Gasteiger partial charge in [-0.1, -0.05) is 6.08 Å². The van der Waals surface area contributed by atoms with Gasteiger partial charge in [0.1, 0.15) is 6.04 Å². The van der Waals surface area contributed by atoms with Crippen LogP contribution in [0.5, 0.6) is 0 Å². The number of carbonyl (C=O) groups excluding carboxylic acids is 2. The molecule has 0 aliphatic heterocycles. The molecule has 0 spiro atoms. The molecule has 7 nitrogen and oxygen atoms in total. The maximum atomic E-state index is 11.4. The summed E-state index contributed by atoms with van der Waals surface area (Å²) >= 11 is 0. The number of hydrogen-bond donors (Lipinski definition) is 3. The summed E-state index contributed by atoms with van der Waals surface area (Å²) in [7, 11) is 1.21. The quantitative estimate of drug-likeness (QED) is 0.449. The second-order valence-corrected chi connectivity index (χ2v) is 3.65. The van der Waals surface area contributed by atoms with Gasteiger partial charge < -0.3 is 20.5 Å². The fraction of sp³-hybridized carbons (Fsp3) is 0.545. The second-order valence-electron chi connectivity index (χ2n) is 3.65. The van der Waals surface area contributed by atoms with Gasteiger partial charge in [0.05, 0.1) is 7.11 Å². The highest BCUT2D eigenvalue weighted by molar-refractivity contribution is 5.83. The lowest BCUT2D eigenvalue weighted by atomic mass is 10.1. The normalized spacial score (nSPS) is 13.0. The Morgan fingerprint density at radius 3 is 2.44 bits per heavy atom. The average molecular weight is 258 g/mol. The lowest BCUT2D eigenvalue weighted by molar-refractivity contribution is -0.142. The van der Waals surface area contributed by atoms with Crippen molar-refractivity contribution in [3.63, 3.8) is 0 Å². The molecule has 0 saturated heterocycles. The number of esters is 1. The van der Waals surface area contributed by atoms with Crippen molar-refractivity contribution in [3.05, 3.63) is 12.7 Å². The Morgan fingerprint density at radius 1 is 1.39 bits per heavy atom. The standard InChI is InChI=1S/C11H18N2O5/c1-4-7(2)12-11(17)13-8(10(15)16)5-6-9(14)18-3/h4,7-8H,1,5-6H2,2-3H3,(H,15,16)(H2,12,13,17)/t7?,8-/m1/s1. The van der Waals surface area contributed by atoms with Crippen LogP contribution in [0.25, 0.3) is 0 Å². The molecule has 0 aromatic heterocycles. The molecule has 0 fully saturated rings. The lowest BCUT2D eigenvalue weighted by Gasteiger charge is -2.16. The van der Waals surface area contributed by atoms with Crippen LogP contribution in [0.3, 0.4) is 0 Å². The van der Waals surface area contributed by atoms with E-state index >= 15 is 0 Å². The van der Waals surface area contributed by atoms with Crippen molar-refractivity contribution in [2.24, 2.45) is 0 Å². The van der Waals surface area contributed by atoms with E-state index in [-0.39, 0.29) is 18.9 Å². The highest BCUT2D eigenvalue weighted by Crippen LogP contribution is 1.99. The summed E-state index contributed by atoms with van der Waals surface area (Å²) in [5.41, 5.74) is 0. The van der Waals surface area contributed by atoms with E-state index in [1.54, 1.807) is 6.92 Å². The van der Waals surface area contributed by atoms with Gasteiger partial charge in [0.15, 0.2) is 0 Å². The van der Waals surface area contributed by atoms with Crippen molar-refractivity contribution in [1.82, 2.24) is 10.6 Å². The topological polar surface area (TPSA) is 105 Å². The molecular weight excluding hydrogens is 240 g/mol. The van der Waals surface area contributed by atoms with Crippen LogP contribution < -0.4 is 10.6 Å². The van der Waals surface area contributed by atoms with Gasteiger partial charge in [-0.3, -0.25) is 4.79 Å². The van der Waals surface area contributed by atoms with E-state index in [1.807, 2.05) is 0 Å². The van der Waals surface area contributed by atoms with E-state index < -0.39 is 24.0 Å². The van der Waals surface area contributed by atoms with E-state index in [9.17, 15) is 14.4 Å². The maximum absolute atomic E-state index is 11.4. The molecule has 0 aromatic carbocycles. The molecule has 102 valence electrons. The third kappa shape index (κ3) is 6.51. The highest BCUT2D eigenvalue weighted by atomic mass is 16.5. The molecule has 0 rings (SSSR count). The Labute approximate surface area is 105 Å². The summed E-state index contributed by atoms with van der Waals surface area (Å²) < 4.78 is 4.39. The minimum atomic E-state index is -1.21. The molecule has 0 heterocycles. The smallest absolute Gasteiger partial charge is 0.326 e. The monoisotopic (exact) mass is 258 g/mol. The highest BCUT2D eigenvalue weighted by Gasteiger charge is 2.21. The van der Waals surface area contributed by atoms with Crippen LogP contribution in [0.1, 0.15) is 19.8 Å². The molecule has 0 aromatic rings. The number of ether oxygens (including phenoxy) is 1. The fourth-order valence-corrected chi connectivity index (χ4v) is 1.09. The first kappa shape index (κ1) is 16.0. The number of nitrogens with one attached hydrogen (secondary N) is 2. The van der Waals surface area contributed by atoms with Crippen molar-refractivity contribution >= 4 is 18.0 Å². The molecule has 0 bridgehead atoms. The third-order valence-corrected chi connectivity index (χ3v) is 2.18. The van der Waals surface area contributed by atoms with Crippen LogP contribution in [0.4, 0.5) is 4.79 Å². The van der Waals surface area contributed by atoms with Crippen LogP contribution in [0.15, 0.2) is 12.7 Å². The Bertz CT molecular complexity index is 329. The van der Waals surface area contributed by atoms with Crippen molar-refractivity contribution < 1.29 is 24.2 Å². The Balaban J connectivity index is 4.27. The fourth-order valence-electron chi connectivity index (χ4n) is 1.09. The van der Waals surface area contributed by atoms with Gasteiger partial charge in [-0.25, -0.2) is 9.59 Å². The van der Waals surface area contributed by atoms with E-state index in [0.29, 0.717) is 0 Å². The minimum Gasteiger partial charge on any atom is -0.480 e. The van der Waals surface area contributed by atoms with Gasteiger partial charge in [-0.15, -0.1) is 6.58 Å². The predicted octanol–water partition coefficient (Wildman–Crippen LogP) is 0.267. The zero-order valence-electron chi connectivity index (χ0n) is 10.4. The molecule has 0 aliphatic carbocycles. The molecule has 1 unspecified atom stereocenters. The van der Waals surface area contributed by atoms with Gasteiger partial charge in [0.25, 0.3) is 0 Å². The number of carboxylic acids is 1. The van der Waals surface area contributed by atoms with Crippen molar-refractivity contribution in [3.8, 4) is 0 Å². The number of amides is 2. The first-order chi connectivity index (χ1) is 8.40. The van der Waals surface area contributed by atoms with Crippen LogP contribution in [0.2, 0.25) is 0 Å². The van der Waals surface area contributed by atoms with E-state index in [0.717, 1.165) is 0 Å². The van der Waals surface area contributed by atoms with E-state index in [2.05, 4.69) is 21.9 Å². The zero-order valence-corrected chi connectivity index (χ0v) is 10.4. The van der Waals surface area contributed by atoms with Gasteiger partial charge in [-0.2, -0.15) is 0 Å². The summed E-state index contributed by atoms with van der Waals surface area (Å²) in [4.78, 5) is 33.2. The van der Waals surface area contributed by atoms with E-state index in [4.69, 9.17) is 5.11 Å². The zero-order chi connectivity index (χ0) is 14.1. The summed E-state index contributed by atoms with van der Waals surface area (Å²) in [5, 5.41) is 13.6. The molecule has 18 heavy (non-hydrogen) atoms. The number of carbonyl (C=O) groups is 3. The predicted molar refractivity (Wildman–Crippen MR) is 64.0 cm³/mol. The van der Waals surface area contributed by atoms with Gasteiger partial charge in [0, 0.05) is 12.5 Å². The molecule has 7 heteroatoms. The number of carboxylic acid groups (broad SMARTS) is 1. The first-order valence-corrected chi connectivity index (χ1v) is 5.40. The minimum absolute atomic E-state index is 0.0299. The van der Waals surface area contributed by atoms with Crippen molar-refractivity contribution in [2.45, 2.75) is 31.8 Å². The van der Waals surface area contributed by atoms with Crippen LogP contribution >= 0.6 is 0 Å². The summed E-state index contributed by atoms with van der Waals surface area (Å²) in [6, 6.07) is -2.04. The van der Waals surface area contributed by atoms with Crippen LogP contribution in [0, 0.1) is 0 Å². The Kier molecular flexibility index (Phi) is 7.18. The number of rotatable bonds is 7. The molecule has 2 amide bonds. The Morgan fingerprint density at radius 2 is 2.00 bits per heavy atom. The number of hydrogen-bond acceptors (Lipinski definition) is 4. The Hall–Kier alpha value is -2.05. The maximum Gasteiger partial charge on any atom is 0.326 e. The largest absolute Gasteiger partial charge is 0.480 e. The SMILES string of the molecule is C=CC(C)NC(=O)N[C@H](CCC(=O)OC)C(=O)O. The van der Waals surface area contributed by atoms with Gasteiger partial charge in [-0.05, 0) is 13.3 Å². The van der Waals surface area contributed by atoms with Crippen molar-refractivity contribution in [1.29, 1.82) is 0 Å². The second kappa shape index (κ2) is 8.10. The summed E-state index contributed by atoms with van der Waals surface area (Å²) in [6.45, 7) is 5.17. The molecule has 0 aliphatic rings. The molecular formula is C11H18N2O5. The van der Waals surface area contributed by atoms with E-state index in [1.165, 1.54) is 13.2 Å². The number of methoxy groups -OCH3 is 1. The third-order valence-electron chi connectivity index (χ3n) is 2.18. The molecule has 0 saturated carbocycles. The lowest BCUT2D eigenvalue weighted by Crippen LogP contribution is -2.48. The average Bonchev–Trinajstić information content (AvgIpc) is 2.33.